The van der Waals surface area contributed by atoms with Crippen LogP contribution in [0.4, 0.5) is 0 Å². The largest absolute Gasteiger partial charge is 0.303 e. The lowest BCUT2D eigenvalue weighted by molar-refractivity contribution is 0.0176. The molecule has 3 rings (SSSR count). The second-order valence-corrected chi connectivity index (χ2v) is 7.55. The van der Waals surface area contributed by atoms with E-state index in [2.05, 4.69) is 61.9 Å². The molecular formula is C18H28N2. The minimum Gasteiger partial charge on any atom is -0.303 e. The van der Waals surface area contributed by atoms with Crippen molar-refractivity contribution in [2.45, 2.75) is 51.1 Å². The average Bonchev–Trinajstić information content (AvgIpc) is 3.21. The molecule has 110 valence electrons. The van der Waals surface area contributed by atoms with E-state index in [1.807, 2.05) is 0 Å². The number of likely N-dealkylation sites (N-methyl/N-ethyl adjacent to an activating group) is 1. The maximum absolute atomic E-state index is 2.70. The van der Waals surface area contributed by atoms with Gasteiger partial charge in [-0.3, -0.25) is 4.90 Å². The Morgan fingerprint density at radius 1 is 1.00 bits per heavy atom. The fourth-order valence-electron chi connectivity index (χ4n) is 3.57. The molecule has 0 aromatic heterocycles. The Morgan fingerprint density at radius 2 is 1.65 bits per heavy atom. The van der Waals surface area contributed by atoms with Gasteiger partial charge in [-0.15, -0.1) is 0 Å². The van der Waals surface area contributed by atoms with Crippen LogP contribution in [0.2, 0.25) is 0 Å². The molecule has 1 unspecified atom stereocenters. The quantitative estimate of drug-likeness (QED) is 0.811. The maximum Gasteiger partial charge on any atom is 0.0483 e. The van der Waals surface area contributed by atoms with Gasteiger partial charge < -0.3 is 4.90 Å². The zero-order valence-electron chi connectivity index (χ0n) is 13.4. The van der Waals surface area contributed by atoms with Crippen LogP contribution in [-0.2, 0) is 0 Å². The van der Waals surface area contributed by atoms with Crippen LogP contribution in [0.3, 0.4) is 0 Å². The lowest BCUT2D eigenvalue weighted by atomic mass is 9.91. The Balaban J connectivity index is 1.96. The third-order valence-electron chi connectivity index (χ3n) is 4.82. The molecule has 20 heavy (non-hydrogen) atoms. The van der Waals surface area contributed by atoms with Gasteiger partial charge in [-0.1, -0.05) is 24.3 Å². The van der Waals surface area contributed by atoms with E-state index < -0.39 is 0 Å². The first-order chi connectivity index (χ1) is 9.47. The van der Waals surface area contributed by atoms with Crippen LogP contribution in [0.1, 0.15) is 56.7 Å². The minimum atomic E-state index is 0.239. The smallest absolute Gasteiger partial charge is 0.0483 e. The van der Waals surface area contributed by atoms with Gasteiger partial charge in [-0.05, 0) is 57.7 Å². The van der Waals surface area contributed by atoms with Gasteiger partial charge in [-0.2, -0.15) is 0 Å². The monoisotopic (exact) mass is 272 g/mol. The second kappa shape index (κ2) is 5.16. The molecule has 2 fully saturated rings. The lowest BCUT2D eigenvalue weighted by Gasteiger charge is -2.48. The molecule has 1 heterocycles. The van der Waals surface area contributed by atoms with Crippen molar-refractivity contribution in [2.24, 2.45) is 0 Å². The Labute approximate surface area is 123 Å². The normalized spacial score (nSPS) is 25.9. The van der Waals surface area contributed by atoms with Crippen molar-refractivity contribution in [3.63, 3.8) is 0 Å². The van der Waals surface area contributed by atoms with Gasteiger partial charge in [0, 0.05) is 31.2 Å². The van der Waals surface area contributed by atoms with E-state index in [1.54, 1.807) is 11.1 Å². The molecule has 1 atom stereocenters. The number of piperazine rings is 1. The first-order valence-electron chi connectivity index (χ1n) is 8.01. The summed E-state index contributed by atoms with van der Waals surface area (Å²) in [5, 5.41) is 0. The summed E-state index contributed by atoms with van der Waals surface area (Å²) in [5.74, 6) is 0.834. The number of hydrogen-bond donors (Lipinski definition) is 0. The molecule has 1 aromatic carbocycles. The third-order valence-corrected chi connectivity index (χ3v) is 4.82. The van der Waals surface area contributed by atoms with Crippen LogP contribution in [-0.4, -0.2) is 42.0 Å². The van der Waals surface area contributed by atoms with Gasteiger partial charge in [-0.25, -0.2) is 0 Å². The van der Waals surface area contributed by atoms with E-state index in [1.165, 1.54) is 25.9 Å². The molecule has 2 nitrogen and oxygen atoms in total. The van der Waals surface area contributed by atoms with Crippen molar-refractivity contribution in [2.75, 3.05) is 26.7 Å². The van der Waals surface area contributed by atoms with Crippen LogP contribution < -0.4 is 0 Å². The first-order valence-corrected chi connectivity index (χ1v) is 8.01. The topological polar surface area (TPSA) is 6.48 Å². The Morgan fingerprint density at radius 3 is 2.25 bits per heavy atom. The molecule has 0 bridgehead atoms. The Hall–Kier alpha value is -0.860. The molecule has 2 heteroatoms. The van der Waals surface area contributed by atoms with E-state index in [0.717, 1.165) is 12.5 Å². The van der Waals surface area contributed by atoms with Gasteiger partial charge >= 0.3 is 0 Å². The molecule has 2 aliphatic rings. The SMILES string of the molecule is CN1CCN(C(C)(C)C)C(c2ccccc2C2CC2)C1. The van der Waals surface area contributed by atoms with E-state index >= 15 is 0 Å². The van der Waals surface area contributed by atoms with E-state index in [0.29, 0.717) is 6.04 Å². The van der Waals surface area contributed by atoms with Gasteiger partial charge in [0.05, 0.1) is 0 Å². The van der Waals surface area contributed by atoms with Crippen LogP contribution in [0.25, 0.3) is 0 Å². The summed E-state index contributed by atoms with van der Waals surface area (Å²) in [4.78, 5) is 5.19. The molecule has 1 aliphatic heterocycles. The van der Waals surface area contributed by atoms with Crippen molar-refractivity contribution in [3.8, 4) is 0 Å². The molecule has 0 amide bonds. The average molecular weight is 272 g/mol. The van der Waals surface area contributed by atoms with Gasteiger partial charge in [0.2, 0.25) is 0 Å². The summed E-state index contributed by atoms with van der Waals surface area (Å²) in [7, 11) is 2.26. The highest BCUT2D eigenvalue weighted by Crippen LogP contribution is 2.44. The van der Waals surface area contributed by atoms with E-state index in [9.17, 15) is 0 Å². The van der Waals surface area contributed by atoms with Gasteiger partial charge in [0.15, 0.2) is 0 Å². The molecule has 0 radical (unpaired) electrons. The van der Waals surface area contributed by atoms with Gasteiger partial charge in [0.25, 0.3) is 0 Å². The Kier molecular flexibility index (Phi) is 3.64. The number of nitrogens with zero attached hydrogens (tertiary/aromatic N) is 2. The van der Waals surface area contributed by atoms with Crippen LogP contribution in [0.15, 0.2) is 24.3 Å². The maximum atomic E-state index is 2.70. The first kappa shape index (κ1) is 14.1. The van der Waals surface area contributed by atoms with E-state index in [-0.39, 0.29) is 5.54 Å². The summed E-state index contributed by atoms with van der Waals surface area (Å²) < 4.78 is 0. The molecule has 1 saturated carbocycles. The molecule has 1 saturated heterocycles. The summed E-state index contributed by atoms with van der Waals surface area (Å²) >= 11 is 0. The minimum absolute atomic E-state index is 0.239. The summed E-state index contributed by atoms with van der Waals surface area (Å²) in [6, 6.07) is 9.71. The molecule has 1 aliphatic carbocycles. The predicted octanol–water partition coefficient (Wildman–Crippen LogP) is 3.65. The van der Waals surface area contributed by atoms with E-state index in [4.69, 9.17) is 0 Å². The zero-order valence-corrected chi connectivity index (χ0v) is 13.4. The molecular weight excluding hydrogens is 244 g/mol. The summed E-state index contributed by atoms with van der Waals surface area (Å²) in [6.07, 6.45) is 2.77. The Bertz CT molecular complexity index is 471. The van der Waals surface area contributed by atoms with Crippen molar-refractivity contribution >= 4 is 0 Å². The van der Waals surface area contributed by atoms with Crippen LogP contribution in [0, 0.1) is 0 Å². The fraction of sp³-hybridized carbons (Fsp3) is 0.667. The number of hydrogen-bond acceptors (Lipinski definition) is 2. The van der Waals surface area contributed by atoms with Crippen molar-refractivity contribution in [1.82, 2.24) is 9.80 Å². The van der Waals surface area contributed by atoms with Crippen LogP contribution >= 0.6 is 0 Å². The van der Waals surface area contributed by atoms with Gasteiger partial charge in [0.1, 0.15) is 0 Å². The standard InChI is InChI=1S/C18H28N2/c1-18(2,3)20-12-11-19(4)13-17(20)16-8-6-5-7-15(16)14-9-10-14/h5-8,14,17H,9-13H2,1-4H3. The summed E-state index contributed by atoms with van der Waals surface area (Å²) in [6.45, 7) is 10.6. The molecule has 0 N–H and O–H groups in total. The van der Waals surface area contributed by atoms with Crippen LogP contribution in [0.5, 0.6) is 0 Å². The van der Waals surface area contributed by atoms with Crippen molar-refractivity contribution in [1.29, 1.82) is 0 Å². The highest BCUT2D eigenvalue weighted by Gasteiger charge is 2.36. The lowest BCUT2D eigenvalue weighted by Crippen LogP contribution is -2.54. The fourth-order valence-corrected chi connectivity index (χ4v) is 3.57. The predicted molar refractivity (Wildman–Crippen MR) is 85.1 cm³/mol. The van der Waals surface area contributed by atoms with Crippen molar-refractivity contribution in [3.05, 3.63) is 35.4 Å². The number of benzene rings is 1. The second-order valence-electron chi connectivity index (χ2n) is 7.55. The zero-order chi connectivity index (χ0) is 14.3. The number of rotatable bonds is 2. The van der Waals surface area contributed by atoms with Crippen molar-refractivity contribution < 1.29 is 0 Å². The summed E-state index contributed by atoms with van der Waals surface area (Å²) in [5.41, 5.74) is 3.43. The molecule has 1 aromatic rings. The third kappa shape index (κ3) is 2.77. The highest BCUT2D eigenvalue weighted by atomic mass is 15.3. The highest BCUT2D eigenvalue weighted by molar-refractivity contribution is 5.36. The molecule has 0 spiro atoms.